The number of hydrogen-bond donors (Lipinski definition) is 0. The number of hydrogen-bond acceptors (Lipinski definition) is 2. The van der Waals surface area contributed by atoms with E-state index < -0.39 is 0 Å². The summed E-state index contributed by atoms with van der Waals surface area (Å²) in [6.07, 6.45) is 0. The summed E-state index contributed by atoms with van der Waals surface area (Å²) in [5.41, 5.74) is 3.31. The van der Waals surface area contributed by atoms with Gasteiger partial charge in [-0.15, -0.1) is 11.3 Å². The normalized spacial score (nSPS) is 11.5. The highest BCUT2D eigenvalue weighted by atomic mass is 32.1. The molecule has 1 nitrogen and oxygen atoms in total. The zero-order valence-corrected chi connectivity index (χ0v) is 13.2. The molecule has 0 atom stereocenters. The number of aromatic nitrogens is 1. The smallest absolute Gasteiger partial charge is 0.0802 e. The molecule has 0 saturated carbocycles. The van der Waals surface area contributed by atoms with Crippen LogP contribution in [0.15, 0.2) is 78.9 Å². The molecule has 2 heteroatoms. The predicted molar refractivity (Wildman–Crippen MR) is 100 cm³/mol. The average molecular weight is 311 g/mol. The number of para-hydroxylation sites is 1. The third-order valence-corrected chi connectivity index (χ3v) is 5.46. The summed E-state index contributed by atoms with van der Waals surface area (Å²) in [4.78, 5) is 5.00. The third kappa shape index (κ3) is 1.89. The number of pyridine rings is 1. The predicted octanol–water partition coefficient (Wildman–Crippen LogP) is 6.27. The van der Waals surface area contributed by atoms with E-state index in [9.17, 15) is 0 Å². The Labute approximate surface area is 137 Å². The molecule has 0 N–H and O–H groups in total. The Bertz CT molecular complexity index is 1160. The minimum Gasteiger partial charge on any atom is -0.247 e. The van der Waals surface area contributed by atoms with Gasteiger partial charge in [0, 0.05) is 31.1 Å². The SMILES string of the molecule is c1ccc(-c2nc3ccccc3c3sc4ccccc4c23)cc1. The van der Waals surface area contributed by atoms with Gasteiger partial charge in [-0.2, -0.15) is 0 Å². The van der Waals surface area contributed by atoms with Gasteiger partial charge in [-0.25, -0.2) is 4.98 Å². The van der Waals surface area contributed by atoms with Gasteiger partial charge in [-0.05, 0) is 12.1 Å². The minimum absolute atomic E-state index is 1.06. The second-order valence-corrected chi connectivity index (χ2v) is 6.70. The quantitative estimate of drug-likeness (QED) is 0.355. The maximum Gasteiger partial charge on any atom is 0.0802 e. The summed E-state index contributed by atoms with van der Waals surface area (Å²) in [5, 5.41) is 3.81. The van der Waals surface area contributed by atoms with Crippen molar-refractivity contribution in [2.24, 2.45) is 0 Å². The van der Waals surface area contributed by atoms with Crippen LogP contribution in [0.1, 0.15) is 0 Å². The van der Waals surface area contributed by atoms with Gasteiger partial charge in [-0.3, -0.25) is 0 Å². The Balaban J connectivity index is 2.06. The summed E-state index contributed by atoms with van der Waals surface area (Å²) in [7, 11) is 0. The number of rotatable bonds is 1. The molecular weight excluding hydrogens is 298 g/mol. The molecule has 0 spiro atoms. The molecule has 2 aromatic heterocycles. The molecule has 5 rings (SSSR count). The first-order valence-corrected chi connectivity index (χ1v) is 8.49. The van der Waals surface area contributed by atoms with Crippen molar-refractivity contribution in [3.63, 3.8) is 0 Å². The Morgan fingerprint density at radius 1 is 0.652 bits per heavy atom. The Morgan fingerprint density at radius 3 is 2.22 bits per heavy atom. The molecule has 0 aliphatic carbocycles. The lowest BCUT2D eigenvalue weighted by molar-refractivity contribution is 1.43. The molecule has 0 fully saturated rings. The maximum atomic E-state index is 5.00. The molecule has 2 heterocycles. The van der Waals surface area contributed by atoms with E-state index in [4.69, 9.17) is 4.98 Å². The molecule has 0 bridgehead atoms. The number of thiophene rings is 1. The lowest BCUT2D eigenvalue weighted by atomic mass is 10.0. The first-order valence-electron chi connectivity index (χ1n) is 7.67. The molecule has 5 aromatic rings. The largest absolute Gasteiger partial charge is 0.247 e. The van der Waals surface area contributed by atoms with Crippen LogP contribution in [0.25, 0.3) is 42.3 Å². The van der Waals surface area contributed by atoms with Crippen LogP contribution in [0.4, 0.5) is 0 Å². The van der Waals surface area contributed by atoms with Gasteiger partial charge in [0.15, 0.2) is 0 Å². The zero-order chi connectivity index (χ0) is 15.2. The molecule has 0 aliphatic heterocycles. The Kier molecular flexibility index (Phi) is 2.73. The van der Waals surface area contributed by atoms with Crippen molar-refractivity contribution in [2.75, 3.05) is 0 Å². The van der Waals surface area contributed by atoms with Gasteiger partial charge in [-0.1, -0.05) is 66.7 Å². The monoisotopic (exact) mass is 311 g/mol. The van der Waals surface area contributed by atoms with E-state index in [1.807, 2.05) is 17.4 Å². The van der Waals surface area contributed by atoms with Gasteiger partial charge in [0.05, 0.1) is 11.2 Å². The second kappa shape index (κ2) is 4.90. The second-order valence-electron chi connectivity index (χ2n) is 5.65. The first kappa shape index (κ1) is 12.8. The summed E-state index contributed by atoms with van der Waals surface area (Å²) in [6.45, 7) is 0. The zero-order valence-electron chi connectivity index (χ0n) is 12.4. The van der Waals surface area contributed by atoms with Gasteiger partial charge < -0.3 is 0 Å². The van der Waals surface area contributed by atoms with Gasteiger partial charge in [0.1, 0.15) is 0 Å². The van der Waals surface area contributed by atoms with Gasteiger partial charge in [0.2, 0.25) is 0 Å². The van der Waals surface area contributed by atoms with Crippen molar-refractivity contribution in [2.45, 2.75) is 0 Å². The number of nitrogens with zero attached hydrogens (tertiary/aromatic N) is 1. The van der Waals surface area contributed by atoms with E-state index in [1.54, 1.807) is 0 Å². The lowest BCUT2D eigenvalue weighted by Gasteiger charge is -2.07. The molecule has 0 aliphatic rings. The molecule has 23 heavy (non-hydrogen) atoms. The van der Waals surface area contributed by atoms with E-state index in [1.165, 1.54) is 31.1 Å². The highest BCUT2D eigenvalue weighted by Crippen LogP contribution is 2.42. The lowest BCUT2D eigenvalue weighted by Crippen LogP contribution is -1.87. The van der Waals surface area contributed by atoms with Crippen molar-refractivity contribution in [1.29, 1.82) is 0 Å². The highest BCUT2D eigenvalue weighted by molar-refractivity contribution is 7.26. The summed E-state index contributed by atoms with van der Waals surface area (Å²) in [6, 6.07) is 27.5. The Morgan fingerprint density at radius 2 is 1.35 bits per heavy atom. The van der Waals surface area contributed by atoms with Crippen LogP contribution < -0.4 is 0 Å². The van der Waals surface area contributed by atoms with Crippen molar-refractivity contribution in [3.05, 3.63) is 78.9 Å². The van der Waals surface area contributed by atoms with E-state index in [2.05, 4.69) is 72.8 Å². The number of benzene rings is 3. The van der Waals surface area contributed by atoms with E-state index in [0.29, 0.717) is 0 Å². The molecule has 3 aromatic carbocycles. The van der Waals surface area contributed by atoms with E-state index in [-0.39, 0.29) is 0 Å². The summed E-state index contributed by atoms with van der Waals surface area (Å²) < 4.78 is 2.65. The topological polar surface area (TPSA) is 12.9 Å². The van der Waals surface area contributed by atoms with Crippen molar-refractivity contribution < 1.29 is 0 Å². The number of fused-ring (bicyclic) bond motifs is 5. The molecule has 0 saturated heterocycles. The van der Waals surface area contributed by atoms with Crippen LogP contribution in [0.3, 0.4) is 0 Å². The third-order valence-electron chi connectivity index (χ3n) is 4.26. The molecule has 108 valence electrons. The summed E-state index contributed by atoms with van der Waals surface area (Å²) >= 11 is 1.86. The summed E-state index contributed by atoms with van der Waals surface area (Å²) in [5.74, 6) is 0. The average Bonchev–Trinajstić information content (AvgIpc) is 3.02. The van der Waals surface area contributed by atoms with Crippen LogP contribution in [0, 0.1) is 0 Å². The standard InChI is InChI=1S/C21H13NS/c1-2-8-14(9-3-1)20-19-16-11-5-7-13-18(16)23-21(19)15-10-4-6-12-17(15)22-20/h1-13H. The first-order chi connectivity index (χ1) is 11.4. The molecule has 0 unspecified atom stereocenters. The highest BCUT2D eigenvalue weighted by Gasteiger charge is 2.15. The molecular formula is C21H13NS. The maximum absolute atomic E-state index is 5.00. The van der Waals surface area contributed by atoms with Crippen LogP contribution in [0.5, 0.6) is 0 Å². The van der Waals surface area contributed by atoms with Gasteiger partial charge in [0.25, 0.3) is 0 Å². The fraction of sp³-hybridized carbons (Fsp3) is 0. The van der Waals surface area contributed by atoms with Crippen LogP contribution in [0.2, 0.25) is 0 Å². The van der Waals surface area contributed by atoms with Crippen molar-refractivity contribution >= 4 is 42.4 Å². The Hall–Kier alpha value is -2.71. The van der Waals surface area contributed by atoms with E-state index in [0.717, 1.165) is 11.2 Å². The fourth-order valence-corrected chi connectivity index (χ4v) is 4.45. The van der Waals surface area contributed by atoms with Gasteiger partial charge >= 0.3 is 0 Å². The van der Waals surface area contributed by atoms with Crippen molar-refractivity contribution in [3.8, 4) is 11.3 Å². The van der Waals surface area contributed by atoms with Crippen molar-refractivity contribution in [1.82, 2.24) is 4.98 Å². The van der Waals surface area contributed by atoms with Crippen LogP contribution in [-0.4, -0.2) is 4.98 Å². The van der Waals surface area contributed by atoms with Crippen LogP contribution >= 0.6 is 11.3 Å². The molecule has 0 radical (unpaired) electrons. The molecule has 0 amide bonds. The van der Waals surface area contributed by atoms with Crippen LogP contribution in [-0.2, 0) is 0 Å². The minimum atomic E-state index is 1.06. The fourth-order valence-electron chi connectivity index (χ4n) is 3.21. The van der Waals surface area contributed by atoms with E-state index >= 15 is 0 Å².